The summed E-state index contributed by atoms with van der Waals surface area (Å²) in [6, 6.07) is 30.9. The molecule has 0 heterocycles. The third kappa shape index (κ3) is 10.7. The predicted molar refractivity (Wildman–Crippen MR) is 164 cm³/mol. The number of aldehydes is 1. The van der Waals surface area contributed by atoms with Crippen molar-refractivity contribution in [2.75, 3.05) is 6.16 Å². The molecule has 0 saturated carbocycles. The van der Waals surface area contributed by atoms with Gasteiger partial charge in [0.05, 0.1) is 12.2 Å². The lowest BCUT2D eigenvalue weighted by atomic mass is 10.1. The van der Waals surface area contributed by atoms with Crippen molar-refractivity contribution in [1.29, 1.82) is 0 Å². The van der Waals surface area contributed by atoms with Crippen LogP contribution < -0.4 is 32.9 Å². The van der Waals surface area contributed by atoms with Gasteiger partial charge in [-0.05, 0) is 82.3 Å². The van der Waals surface area contributed by atoms with Crippen molar-refractivity contribution < 1.29 is 40.8 Å². The van der Waals surface area contributed by atoms with E-state index >= 15 is 0 Å². The molecule has 0 aliphatic rings. The molecule has 0 fully saturated rings. The Labute approximate surface area is 255 Å². The van der Waals surface area contributed by atoms with Crippen LogP contribution in [0.1, 0.15) is 52.4 Å². The number of unbranched alkanes of at least 4 members (excludes halogenated alkanes) is 2. The van der Waals surface area contributed by atoms with Gasteiger partial charge in [0.25, 0.3) is 0 Å². The lowest BCUT2D eigenvalue weighted by Gasteiger charge is -2.27. The molecule has 0 aromatic heterocycles. The number of ether oxygens (including phenoxy) is 2. The van der Waals surface area contributed by atoms with Crippen LogP contribution in [-0.2, 0) is 23.9 Å². The second kappa shape index (κ2) is 18.4. The van der Waals surface area contributed by atoms with Gasteiger partial charge in [-0.15, -0.1) is 0 Å². The number of hydrogen-bond donors (Lipinski definition) is 0. The Bertz CT molecular complexity index is 1120. The summed E-state index contributed by atoms with van der Waals surface area (Å²) < 4.78 is 11.3. The van der Waals surface area contributed by atoms with Crippen molar-refractivity contribution in [3.8, 4) is 0 Å². The second-order valence-electron chi connectivity index (χ2n) is 9.95. The van der Waals surface area contributed by atoms with Crippen molar-refractivity contribution in [3.63, 3.8) is 0 Å². The van der Waals surface area contributed by atoms with Crippen LogP contribution >= 0.6 is 7.26 Å². The first-order valence-electron chi connectivity index (χ1n) is 14.0. The average molecular weight is 640 g/mol. The summed E-state index contributed by atoms with van der Waals surface area (Å²) in [4.78, 5) is 35.9. The summed E-state index contributed by atoms with van der Waals surface area (Å²) in [6.07, 6.45) is 7.98. The molecule has 0 radical (unpaired) electrons. The topological polar surface area (TPSA) is 69.7 Å². The molecule has 5 nitrogen and oxygen atoms in total. The minimum atomic E-state index is -2.29. The lowest BCUT2D eigenvalue weighted by molar-refractivity contribution is -0.145. The zero-order valence-corrected chi connectivity index (χ0v) is 26.3. The fraction of sp³-hybridized carbons (Fsp3) is 0.324. The van der Waals surface area contributed by atoms with Crippen LogP contribution in [0.2, 0.25) is 0 Å². The SMILES string of the molecule is CC(CCCC=O)OC(=O)/C=C/CCCC(C)OC(=O)C[P+](c1ccccc1)(c1ccccc1)c1ccccc1.[Br-]. The van der Waals surface area contributed by atoms with Crippen molar-refractivity contribution in [2.45, 2.75) is 64.6 Å². The van der Waals surface area contributed by atoms with Crippen LogP contribution in [0.3, 0.4) is 0 Å². The molecule has 218 valence electrons. The summed E-state index contributed by atoms with van der Waals surface area (Å²) in [7, 11) is -2.29. The molecule has 41 heavy (non-hydrogen) atoms. The molecule has 2 unspecified atom stereocenters. The van der Waals surface area contributed by atoms with Crippen LogP contribution in [0.5, 0.6) is 0 Å². The first-order valence-corrected chi connectivity index (χ1v) is 16.0. The van der Waals surface area contributed by atoms with Gasteiger partial charge in [-0.25, -0.2) is 9.59 Å². The van der Waals surface area contributed by atoms with E-state index in [1.165, 1.54) is 6.08 Å². The number of hydrogen-bond acceptors (Lipinski definition) is 5. The van der Waals surface area contributed by atoms with Crippen molar-refractivity contribution in [2.24, 2.45) is 0 Å². The van der Waals surface area contributed by atoms with E-state index in [4.69, 9.17) is 9.47 Å². The molecule has 0 aliphatic heterocycles. The Morgan fingerprint density at radius 1 is 0.707 bits per heavy atom. The van der Waals surface area contributed by atoms with Crippen LogP contribution in [0, 0.1) is 0 Å². The van der Waals surface area contributed by atoms with E-state index in [1.807, 2.05) is 68.4 Å². The smallest absolute Gasteiger partial charge is 0.345 e. The number of halogens is 1. The lowest BCUT2D eigenvalue weighted by Crippen LogP contribution is -3.00. The highest BCUT2D eigenvalue weighted by Gasteiger charge is 2.48. The van der Waals surface area contributed by atoms with E-state index in [1.54, 1.807) is 6.08 Å². The van der Waals surface area contributed by atoms with Gasteiger partial charge in [0, 0.05) is 12.5 Å². The Hall–Kier alpha value is -3.08. The molecule has 0 bridgehead atoms. The van der Waals surface area contributed by atoms with Crippen molar-refractivity contribution in [1.82, 2.24) is 0 Å². The standard InChI is InChI=1S/C34H40O5P.BrH/c1-28(18-15-16-26-35)38-33(36)25-14-3-7-17-29(2)39-34(37)27-40(30-19-8-4-9-20-30,31-21-10-5-11-22-31)32-23-12-6-13-24-32;/h4-6,8-14,19-26,28-29H,3,7,15-18,27H2,1-2H3;1H/q+1;/p-1/b25-14+;. The Morgan fingerprint density at radius 2 is 1.15 bits per heavy atom. The number of benzene rings is 3. The highest BCUT2D eigenvalue weighted by molar-refractivity contribution is 7.96. The molecule has 0 N–H and O–H groups in total. The molecular formula is C34H40BrO5P. The third-order valence-electron chi connectivity index (χ3n) is 6.78. The molecule has 3 aromatic rings. The fourth-order valence-corrected chi connectivity index (χ4v) is 8.72. The maximum Gasteiger partial charge on any atom is 0.345 e. The molecule has 3 rings (SSSR count). The minimum Gasteiger partial charge on any atom is -1.00 e. The summed E-state index contributed by atoms with van der Waals surface area (Å²) >= 11 is 0. The van der Waals surface area contributed by atoms with Gasteiger partial charge in [-0.3, -0.25) is 0 Å². The normalized spacial score (nSPS) is 12.6. The Balaban J connectivity index is 0.00000588. The number of rotatable bonds is 16. The molecule has 0 aliphatic carbocycles. The van der Waals surface area contributed by atoms with Gasteiger partial charge in [-0.2, -0.15) is 0 Å². The number of esters is 2. The summed E-state index contributed by atoms with van der Waals surface area (Å²) in [5.41, 5.74) is 0. The van der Waals surface area contributed by atoms with E-state index in [0.29, 0.717) is 32.1 Å². The minimum absolute atomic E-state index is 0. The molecule has 7 heteroatoms. The van der Waals surface area contributed by atoms with Gasteiger partial charge in [-0.1, -0.05) is 60.7 Å². The van der Waals surface area contributed by atoms with Crippen LogP contribution in [-0.4, -0.2) is 36.6 Å². The van der Waals surface area contributed by atoms with Gasteiger partial charge in [0.15, 0.2) is 6.16 Å². The van der Waals surface area contributed by atoms with Crippen molar-refractivity contribution >= 4 is 41.4 Å². The predicted octanol–water partition coefficient (Wildman–Crippen LogP) is 2.94. The van der Waals surface area contributed by atoms with E-state index in [-0.39, 0.29) is 47.3 Å². The molecule has 3 aromatic carbocycles. The molecule has 0 saturated heterocycles. The van der Waals surface area contributed by atoms with E-state index < -0.39 is 7.26 Å². The van der Waals surface area contributed by atoms with Gasteiger partial charge >= 0.3 is 11.9 Å². The van der Waals surface area contributed by atoms with Gasteiger partial charge < -0.3 is 31.2 Å². The van der Waals surface area contributed by atoms with E-state index in [2.05, 4.69) is 36.4 Å². The Kier molecular flexibility index (Phi) is 15.3. The summed E-state index contributed by atoms with van der Waals surface area (Å²) in [6.45, 7) is 3.75. The molecule has 0 amide bonds. The second-order valence-corrected chi connectivity index (χ2v) is 13.4. The van der Waals surface area contributed by atoms with Crippen molar-refractivity contribution in [3.05, 3.63) is 103 Å². The zero-order chi connectivity index (χ0) is 28.6. The quantitative estimate of drug-likeness (QED) is 0.0794. The average Bonchev–Trinajstić information content (AvgIpc) is 2.97. The third-order valence-corrected chi connectivity index (χ3v) is 11.0. The highest BCUT2D eigenvalue weighted by Crippen LogP contribution is 2.55. The van der Waals surface area contributed by atoms with Gasteiger partial charge in [0.2, 0.25) is 0 Å². The molecule has 0 spiro atoms. The Morgan fingerprint density at radius 3 is 1.61 bits per heavy atom. The zero-order valence-electron chi connectivity index (χ0n) is 23.9. The van der Waals surface area contributed by atoms with E-state index in [9.17, 15) is 14.4 Å². The van der Waals surface area contributed by atoms with E-state index in [0.717, 1.165) is 28.6 Å². The summed E-state index contributed by atoms with van der Waals surface area (Å²) in [5.74, 6) is -0.582. The molecular weight excluding hydrogens is 599 g/mol. The van der Waals surface area contributed by atoms with Crippen LogP contribution in [0.4, 0.5) is 0 Å². The summed E-state index contributed by atoms with van der Waals surface area (Å²) in [5, 5.41) is 3.44. The molecule has 2 atom stereocenters. The monoisotopic (exact) mass is 638 g/mol. The first kappa shape index (κ1) is 34.1. The van der Waals surface area contributed by atoms with Crippen LogP contribution in [0.25, 0.3) is 0 Å². The number of allylic oxidation sites excluding steroid dienone is 1. The number of carbonyl (C=O) groups excluding carboxylic acids is 3. The maximum absolute atomic E-state index is 13.5. The van der Waals surface area contributed by atoms with Gasteiger partial charge in [0.1, 0.15) is 29.5 Å². The number of carbonyl (C=O) groups is 3. The fourth-order valence-electron chi connectivity index (χ4n) is 4.77. The largest absolute Gasteiger partial charge is 1.00 e. The maximum atomic E-state index is 13.5. The van der Waals surface area contributed by atoms with Crippen LogP contribution in [0.15, 0.2) is 103 Å². The highest BCUT2D eigenvalue weighted by atomic mass is 79.9. The first-order chi connectivity index (χ1) is 19.5.